The zero-order chi connectivity index (χ0) is 20.3. The van der Waals surface area contributed by atoms with Crippen LogP contribution in [-0.4, -0.2) is 69.6 Å². The Bertz CT molecular complexity index is 903. The fraction of sp³-hybridized carbons (Fsp3) is 0.421. The number of esters is 1. The van der Waals surface area contributed by atoms with Crippen molar-refractivity contribution in [1.82, 2.24) is 20.2 Å². The fourth-order valence-electron chi connectivity index (χ4n) is 3.32. The van der Waals surface area contributed by atoms with Gasteiger partial charge in [0.05, 0.1) is 29.9 Å². The molecule has 1 fully saturated rings. The van der Waals surface area contributed by atoms with Crippen molar-refractivity contribution in [1.29, 1.82) is 0 Å². The summed E-state index contributed by atoms with van der Waals surface area (Å²) < 4.78 is 4.80. The van der Waals surface area contributed by atoms with Gasteiger partial charge >= 0.3 is 5.97 Å². The van der Waals surface area contributed by atoms with Gasteiger partial charge in [-0.1, -0.05) is 12.1 Å². The number of carbonyl (C=O) groups is 3. The largest absolute Gasteiger partial charge is 0.467 e. The van der Waals surface area contributed by atoms with Crippen molar-refractivity contribution in [2.45, 2.75) is 38.0 Å². The van der Waals surface area contributed by atoms with Crippen LogP contribution in [0.15, 0.2) is 30.5 Å². The number of benzene rings is 1. The van der Waals surface area contributed by atoms with Crippen LogP contribution in [0, 0.1) is 0 Å². The van der Waals surface area contributed by atoms with Gasteiger partial charge < -0.3 is 20.1 Å². The molecule has 3 atom stereocenters. The highest BCUT2D eigenvalue weighted by Crippen LogP contribution is 2.19. The molecule has 28 heavy (non-hydrogen) atoms. The minimum atomic E-state index is -0.987. The molecule has 1 aromatic carbocycles. The maximum Gasteiger partial charge on any atom is 0.328 e. The zero-order valence-corrected chi connectivity index (χ0v) is 15.7. The number of nitrogens with zero attached hydrogens (tertiary/aromatic N) is 3. The first-order valence-corrected chi connectivity index (χ1v) is 8.93. The average molecular weight is 386 g/mol. The topological polar surface area (TPSA) is 122 Å². The molecule has 9 nitrogen and oxygen atoms in total. The van der Waals surface area contributed by atoms with Crippen molar-refractivity contribution in [2.75, 3.05) is 13.7 Å². The van der Waals surface area contributed by atoms with Crippen LogP contribution in [0.25, 0.3) is 11.0 Å². The highest BCUT2D eigenvalue weighted by molar-refractivity contribution is 5.91. The number of methoxy groups -OCH3 is 1. The Labute approximate surface area is 161 Å². The van der Waals surface area contributed by atoms with Crippen molar-refractivity contribution in [2.24, 2.45) is 0 Å². The SMILES string of the molecule is COC(=O)[C@@H](Cc1cnc2ccccc2n1)NC(=O)[C@@H]1C[C@@H](O)CN1C(C)=O. The normalized spacial score (nSPS) is 20.0. The van der Waals surface area contributed by atoms with E-state index in [0.717, 1.165) is 5.52 Å². The quantitative estimate of drug-likeness (QED) is 0.683. The summed E-state index contributed by atoms with van der Waals surface area (Å²) in [5.41, 5.74) is 1.92. The van der Waals surface area contributed by atoms with Crippen molar-refractivity contribution < 1.29 is 24.2 Å². The number of para-hydroxylation sites is 2. The van der Waals surface area contributed by atoms with Gasteiger partial charge in [0.2, 0.25) is 11.8 Å². The van der Waals surface area contributed by atoms with Crippen LogP contribution in [0.1, 0.15) is 19.0 Å². The summed E-state index contributed by atoms with van der Waals surface area (Å²) in [6.45, 7) is 1.42. The second-order valence-corrected chi connectivity index (χ2v) is 6.72. The van der Waals surface area contributed by atoms with E-state index in [4.69, 9.17) is 4.74 Å². The Morgan fingerprint density at radius 3 is 2.71 bits per heavy atom. The van der Waals surface area contributed by atoms with E-state index in [9.17, 15) is 19.5 Å². The van der Waals surface area contributed by atoms with E-state index >= 15 is 0 Å². The van der Waals surface area contributed by atoms with Gasteiger partial charge in [0, 0.05) is 32.5 Å². The molecule has 1 saturated heterocycles. The predicted molar refractivity (Wildman–Crippen MR) is 99.0 cm³/mol. The number of hydrogen-bond donors (Lipinski definition) is 2. The monoisotopic (exact) mass is 386 g/mol. The number of aliphatic hydroxyl groups is 1. The van der Waals surface area contributed by atoms with E-state index in [-0.39, 0.29) is 25.3 Å². The third-order valence-electron chi connectivity index (χ3n) is 4.70. The smallest absolute Gasteiger partial charge is 0.328 e. The highest BCUT2D eigenvalue weighted by Gasteiger charge is 2.39. The number of hydrogen-bond acceptors (Lipinski definition) is 7. The molecule has 1 aliphatic rings. The van der Waals surface area contributed by atoms with Crippen LogP contribution in [0.5, 0.6) is 0 Å². The lowest BCUT2D eigenvalue weighted by Crippen LogP contribution is -2.51. The summed E-state index contributed by atoms with van der Waals surface area (Å²) in [6.07, 6.45) is 0.981. The van der Waals surface area contributed by atoms with E-state index in [1.165, 1.54) is 18.9 Å². The fourth-order valence-corrected chi connectivity index (χ4v) is 3.32. The second kappa shape index (κ2) is 8.30. The van der Waals surface area contributed by atoms with Gasteiger partial charge in [-0.25, -0.2) is 9.78 Å². The Hall–Kier alpha value is -3.07. The Morgan fingerprint density at radius 1 is 1.32 bits per heavy atom. The van der Waals surface area contributed by atoms with E-state index in [2.05, 4.69) is 15.3 Å². The first kappa shape index (κ1) is 19.7. The van der Waals surface area contributed by atoms with Crippen LogP contribution in [0.4, 0.5) is 0 Å². The van der Waals surface area contributed by atoms with Gasteiger partial charge in [-0.3, -0.25) is 14.6 Å². The van der Waals surface area contributed by atoms with E-state index in [1.54, 1.807) is 6.20 Å². The molecule has 2 aromatic rings. The molecule has 1 aliphatic heterocycles. The summed E-state index contributed by atoms with van der Waals surface area (Å²) >= 11 is 0. The lowest BCUT2D eigenvalue weighted by molar-refractivity contribution is -0.146. The van der Waals surface area contributed by atoms with Crippen molar-refractivity contribution in [3.05, 3.63) is 36.2 Å². The molecular weight excluding hydrogens is 364 g/mol. The number of amides is 2. The lowest BCUT2D eigenvalue weighted by atomic mass is 10.1. The summed E-state index contributed by atoms with van der Waals surface area (Å²) in [5, 5.41) is 12.4. The molecule has 148 valence electrons. The lowest BCUT2D eigenvalue weighted by Gasteiger charge is -2.24. The predicted octanol–water partition coefficient (Wildman–Crippen LogP) is -0.188. The van der Waals surface area contributed by atoms with E-state index < -0.39 is 30.1 Å². The van der Waals surface area contributed by atoms with Crippen molar-refractivity contribution in [3.8, 4) is 0 Å². The summed E-state index contributed by atoms with van der Waals surface area (Å²) in [6, 6.07) is 5.50. The molecule has 2 amide bonds. The van der Waals surface area contributed by atoms with Crippen LogP contribution in [-0.2, 0) is 25.5 Å². The first-order chi connectivity index (χ1) is 13.4. The Kier molecular flexibility index (Phi) is 5.84. The van der Waals surface area contributed by atoms with Gasteiger partial charge in [0.15, 0.2) is 0 Å². The Balaban J connectivity index is 1.77. The summed E-state index contributed by atoms with van der Waals surface area (Å²) in [5.74, 6) is -1.46. The number of aliphatic hydroxyl groups excluding tert-OH is 1. The molecule has 1 aromatic heterocycles. The molecule has 0 radical (unpaired) electrons. The molecule has 9 heteroatoms. The number of nitrogens with one attached hydrogen (secondary N) is 1. The summed E-state index contributed by atoms with van der Waals surface area (Å²) in [7, 11) is 1.23. The minimum absolute atomic E-state index is 0.0889. The van der Waals surface area contributed by atoms with Crippen LogP contribution >= 0.6 is 0 Å². The van der Waals surface area contributed by atoms with Gasteiger partial charge in [-0.15, -0.1) is 0 Å². The molecule has 2 N–H and O–H groups in total. The van der Waals surface area contributed by atoms with Gasteiger partial charge in [0.25, 0.3) is 0 Å². The van der Waals surface area contributed by atoms with E-state index in [1.807, 2.05) is 24.3 Å². The molecule has 0 bridgehead atoms. The molecule has 0 spiro atoms. The van der Waals surface area contributed by atoms with Crippen LogP contribution in [0.2, 0.25) is 0 Å². The van der Waals surface area contributed by atoms with Gasteiger partial charge in [-0.05, 0) is 12.1 Å². The van der Waals surface area contributed by atoms with Crippen LogP contribution < -0.4 is 5.32 Å². The molecule has 0 saturated carbocycles. The number of aromatic nitrogens is 2. The number of likely N-dealkylation sites (tertiary alicyclic amines) is 1. The molecular formula is C19H22N4O5. The van der Waals surface area contributed by atoms with Crippen LogP contribution in [0.3, 0.4) is 0 Å². The van der Waals surface area contributed by atoms with E-state index in [0.29, 0.717) is 11.2 Å². The number of carbonyl (C=O) groups excluding carboxylic acids is 3. The number of rotatable bonds is 5. The third kappa shape index (κ3) is 4.25. The first-order valence-electron chi connectivity index (χ1n) is 8.93. The number of ether oxygens (including phenoxy) is 1. The molecule has 0 aliphatic carbocycles. The van der Waals surface area contributed by atoms with Gasteiger partial charge in [0.1, 0.15) is 12.1 Å². The molecule has 3 rings (SSSR count). The number of fused-ring (bicyclic) bond motifs is 1. The third-order valence-corrected chi connectivity index (χ3v) is 4.70. The zero-order valence-electron chi connectivity index (χ0n) is 15.7. The maximum atomic E-state index is 12.7. The maximum absolute atomic E-state index is 12.7. The highest BCUT2D eigenvalue weighted by atomic mass is 16.5. The molecule has 2 heterocycles. The molecule has 0 unspecified atom stereocenters. The second-order valence-electron chi connectivity index (χ2n) is 6.72. The Morgan fingerprint density at radius 2 is 2.04 bits per heavy atom. The standard InChI is InChI=1S/C19H22N4O5/c1-11(24)23-10-13(25)8-17(23)18(26)22-16(19(27)28-2)7-12-9-20-14-5-3-4-6-15(14)21-12/h3-6,9,13,16-17,25H,7-8,10H2,1-2H3,(H,22,26)/t13-,16-,17+/m1/s1. The number of β-amino-alcohol motifs (C(OH)–C–C–N with tert-alkyl or cyclic N) is 1. The summed E-state index contributed by atoms with van der Waals surface area (Å²) in [4.78, 5) is 46.7. The van der Waals surface area contributed by atoms with Crippen molar-refractivity contribution in [3.63, 3.8) is 0 Å². The van der Waals surface area contributed by atoms with Gasteiger partial charge in [-0.2, -0.15) is 0 Å². The minimum Gasteiger partial charge on any atom is -0.467 e. The van der Waals surface area contributed by atoms with Crippen molar-refractivity contribution >= 4 is 28.8 Å². The average Bonchev–Trinajstić information content (AvgIpc) is 3.09.